The van der Waals surface area contributed by atoms with Crippen molar-refractivity contribution >= 4 is 0 Å². The highest BCUT2D eigenvalue weighted by Crippen LogP contribution is 2.32. The highest BCUT2D eigenvalue weighted by molar-refractivity contribution is 4.83. The van der Waals surface area contributed by atoms with Crippen LogP contribution in [0, 0.1) is 5.92 Å². The van der Waals surface area contributed by atoms with E-state index < -0.39 is 12.5 Å². The number of halogens is 2. The van der Waals surface area contributed by atoms with Gasteiger partial charge >= 0.3 is 0 Å². The summed E-state index contributed by atoms with van der Waals surface area (Å²) in [6.45, 7) is 1.15. The molecule has 0 aromatic carbocycles. The maximum atomic E-state index is 12.5. The second-order valence-electron chi connectivity index (χ2n) is 4.79. The summed E-state index contributed by atoms with van der Waals surface area (Å²) in [6, 6.07) is 0. The van der Waals surface area contributed by atoms with E-state index in [0.717, 1.165) is 26.2 Å². The topological polar surface area (TPSA) is 27.7 Å². The Morgan fingerprint density at radius 3 is 2.75 bits per heavy atom. The molecule has 0 N–H and O–H groups in total. The zero-order valence-electron chi connectivity index (χ0n) is 9.46. The van der Waals surface area contributed by atoms with Gasteiger partial charge < -0.3 is 14.2 Å². The third-order valence-electron chi connectivity index (χ3n) is 3.11. The molecular weight excluding hydrogens is 218 g/mol. The van der Waals surface area contributed by atoms with Crippen LogP contribution in [-0.4, -0.2) is 38.1 Å². The van der Waals surface area contributed by atoms with Crippen LogP contribution in [0.4, 0.5) is 8.78 Å². The van der Waals surface area contributed by atoms with E-state index in [1.165, 1.54) is 0 Å². The van der Waals surface area contributed by atoms with Gasteiger partial charge in [0.15, 0.2) is 0 Å². The summed E-state index contributed by atoms with van der Waals surface area (Å²) in [5.41, 5.74) is 0. The fourth-order valence-electron chi connectivity index (χ4n) is 2.32. The van der Waals surface area contributed by atoms with E-state index in [4.69, 9.17) is 14.2 Å². The Morgan fingerprint density at radius 1 is 1.25 bits per heavy atom. The first-order valence-electron chi connectivity index (χ1n) is 5.73. The summed E-state index contributed by atoms with van der Waals surface area (Å²) in [4.78, 5) is 0. The average Bonchev–Trinajstić information content (AvgIpc) is 2.62. The van der Waals surface area contributed by atoms with E-state index in [1.807, 2.05) is 0 Å². The van der Waals surface area contributed by atoms with Gasteiger partial charge in [-0.05, 0) is 25.2 Å². The first kappa shape index (κ1) is 12.2. The smallest absolute Gasteiger partial charge is 0.268 e. The highest BCUT2D eigenvalue weighted by Gasteiger charge is 2.36. The molecule has 94 valence electrons. The molecule has 1 saturated heterocycles. The Morgan fingerprint density at radius 2 is 2.00 bits per heavy atom. The minimum Gasteiger partial charge on any atom is -0.375 e. The first-order chi connectivity index (χ1) is 7.54. The molecule has 3 nitrogen and oxygen atoms in total. The van der Waals surface area contributed by atoms with Crippen LogP contribution in [0.2, 0.25) is 0 Å². The highest BCUT2D eigenvalue weighted by atomic mass is 19.3. The Labute approximate surface area is 94.0 Å². The lowest BCUT2D eigenvalue weighted by molar-refractivity contribution is -0.0756. The van der Waals surface area contributed by atoms with Gasteiger partial charge in [0.2, 0.25) is 0 Å². The lowest BCUT2D eigenvalue weighted by atomic mass is 9.86. The molecule has 5 heteroatoms. The van der Waals surface area contributed by atoms with Crippen molar-refractivity contribution in [1.82, 2.24) is 0 Å². The van der Waals surface area contributed by atoms with Crippen molar-refractivity contribution in [3.63, 3.8) is 0 Å². The Balaban J connectivity index is 1.67. The van der Waals surface area contributed by atoms with Crippen molar-refractivity contribution in [3.8, 4) is 0 Å². The first-order valence-corrected chi connectivity index (χ1v) is 5.73. The quantitative estimate of drug-likeness (QED) is 0.749. The van der Waals surface area contributed by atoms with Crippen LogP contribution in [0.5, 0.6) is 0 Å². The molecule has 2 rings (SSSR count). The number of hydrogen-bond acceptors (Lipinski definition) is 3. The second-order valence-corrected chi connectivity index (χ2v) is 4.79. The van der Waals surface area contributed by atoms with Crippen molar-refractivity contribution in [2.75, 3.05) is 20.0 Å². The Bertz CT molecular complexity index is 230. The summed E-state index contributed by atoms with van der Waals surface area (Å²) < 4.78 is 40.9. The van der Waals surface area contributed by atoms with Gasteiger partial charge in [0.05, 0.1) is 12.2 Å². The van der Waals surface area contributed by atoms with Crippen LogP contribution in [0.1, 0.15) is 26.2 Å². The van der Waals surface area contributed by atoms with Gasteiger partial charge in [-0.3, -0.25) is 0 Å². The molecule has 0 radical (unpaired) electrons. The molecule has 0 aromatic rings. The van der Waals surface area contributed by atoms with E-state index >= 15 is 0 Å². The van der Waals surface area contributed by atoms with Crippen molar-refractivity contribution in [3.05, 3.63) is 0 Å². The molecule has 1 aliphatic heterocycles. The molecular formula is C11H18F2O3. The van der Waals surface area contributed by atoms with E-state index in [9.17, 15) is 8.78 Å². The minimum atomic E-state index is -2.73. The van der Waals surface area contributed by atoms with Crippen molar-refractivity contribution in [2.24, 2.45) is 5.92 Å². The monoisotopic (exact) mass is 236 g/mol. The predicted octanol–water partition coefficient (Wildman–Crippen LogP) is 2.20. The molecule has 3 unspecified atom stereocenters. The zero-order valence-corrected chi connectivity index (χ0v) is 9.46. The maximum Gasteiger partial charge on any atom is 0.268 e. The fraction of sp³-hybridized carbons (Fsp3) is 1.00. The molecule has 0 spiro atoms. The van der Waals surface area contributed by atoms with E-state index in [2.05, 4.69) is 0 Å². The van der Waals surface area contributed by atoms with Crippen LogP contribution in [0.15, 0.2) is 0 Å². The van der Waals surface area contributed by atoms with Crippen LogP contribution < -0.4 is 0 Å². The Hall–Kier alpha value is -0.260. The molecule has 1 aliphatic carbocycles. The van der Waals surface area contributed by atoms with Gasteiger partial charge in [0.25, 0.3) is 5.92 Å². The molecule has 0 amide bonds. The Kier molecular flexibility index (Phi) is 3.77. The number of alkyl halides is 2. The minimum absolute atomic E-state index is 0.143. The van der Waals surface area contributed by atoms with E-state index in [1.54, 1.807) is 0 Å². The van der Waals surface area contributed by atoms with Gasteiger partial charge in [-0.2, -0.15) is 0 Å². The molecule has 2 aliphatic rings. The third kappa shape index (κ3) is 3.37. The lowest BCUT2D eigenvalue weighted by Gasteiger charge is -2.29. The van der Waals surface area contributed by atoms with Gasteiger partial charge in [-0.1, -0.05) is 0 Å². The van der Waals surface area contributed by atoms with Gasteiger partial charge in [-0.15, -0.1) is 0 Å². The van der Waals surface area contributed by atoms with Crippen molar-refractivity contribution in [1.29, 1.82) is 0 Å². The molecule has 2 fully saturated rings. The molecule has 1 heterocycles. The number of fused-ring (bicyclic) bond motifs is 1. The number of ether oxygens (including phenoxy) is 3. The molecule has 1 saturated carbocycles. The van der Waals surface area contributed by atoms with Crippen LogP contribution in [0.3, 0.4) is 0 Å². The van der Waals surface area contributed by atoms with Gasteiger partial charge in [0.1, 0.15) is 13.4 Å². The summed E-state index contributed by atoms with van der Waals surface area (Å²) in [5, 5.41) is 0. The van der Waals surface area contributed by atoms with Crippen molar-refractivity contribution < 1.29 is 23.0 Å². The van der Waals surface area contributed by atoms with E-state index in [0.29, 0.717) is 19.3 Å². The number of rotatable bonds is 4. The van der Waals surface area contributed by atoms with Crippen LogP contribution in [-0.2, 0) is 14.2 Å². The zero-order chi connectivity index (χ0) is 11.6. The molecule has 0 bridgehead atoms. The van der Waals surface area contributed by atoms with Crippen molar-refractivity contribution in [2.45, 2.75) is 44.3 Å². The van der Waals surface area contributed by atoms with Crippen LogP contribution >= 0.6 is 0 Å². The number of hydrogen-bond donors (Lipinski definition) is 0. The predicted molar refractivity (Wildman–Crippen MR) is 53.4 cm³/mol. The normalized spacial score (nSPS) is 35.1. The molecule has 3 atom stereocenters. The fourth-order valence-corrected chi connectivity index (χ4v) is 2.32. The second kappa shape index (κ2) is 4.94. The van der Waals surface area contributed by atoms with Gasteiger partial charge in [0, 0.05) is 13.5 Å². The lowest BCUT2D eigenvalue weighted by Crippen LogP contribution is -2.33. The summed E-state index contributed by atoms with van der Waals surface area (Å²) >= 11 is 0. The van der Waals surface area contributed by atoms with Crippen LogP contribution in [0.25, 0.3) is 0 Å². The summed E-state index contributed by atoms with van der Waals surface area (Å²) in [7, 11) is 0. The van der Waals surface area contributed by atoms with Gasteiger partial charge in [-0.25, -0.2) is 8.78 Å². The van der Waals surface area contributed by atoms with E-state index in [-0.39, 0.29) is 12.2 Å². The maximum absolute atomic E-state index is 12.5. The molecule has 0 aromatic heterocycles. The summed E-state index contributed by atoms with van der Waals surface area (Å²) in [5.74, 6) is -2.41. The SMILES string of the molecule is CC(F)(F)COCC1CCC2OCOC2C1. The summed E-state index contributed by atoms with van der Waals surface area (Å²) in [6.07, 6.45) is 3.13. The average molecular weight is 236 g/mol. The largest absolute Gasteiger partial charge is 0.375 e. The standard InChI is InChI=1S/C11H18F2O3/c1-11(12,13)6-14-5-8-2-3-9-10(4-8)16-7-15-9/h8-10H,2-7H2,1H3. The third-order valence-corrected chi connectivity index (χ3v) is 3.11. The molecule has 16 heavy (non-hydrogen) atoms.